The highest BCUT2D eigenvalue weighted by Crippen LogP contribution is 2.29. The van der Waals surface area contributed by atoms with Crippen LogP contribution in [-0.4, -0.2) is 24.7 Å². The van der Waals surface area contributed by atoms with Crippen LogP contribution in [0.25, 0.3) is 16.6 Å². The monoisotopic (exact) mass is 297 g/mol. The first-order valence-electron chi connectivity index (χ1n) is 4.90. The normalized spacial score (nSPS) is 10.8. The lowest BCUT2D eigenvalue weighted by atomic mass is 10.4. The molecular formula is C10H5Cl2N5S. The molecule has 8 heteroatoms. The minimum Gasteiger partial charge on any atom is -0.206 e. The zero-order valence-electron chi connectivity index (χ0n) is 8.79. The average Bonchev–Trinajstić information content (AvgIpc) is 2.98. The van der Waals surface area contributed by atoms with Crippen LogP contribution in [0.4, 0.5) is 0 Å². The fourth-order valence-electron chi connectivity index (χ4n) is 1.37. The summed E-state index contributed by atoms with van der Waals surface area (Å²) in [7, 11) is 0. The van der Waals surface area contributed by atoms with E-state index in [0.717, 1.165) is 4.88 Å². The van der Waals surface area contributed by atoms with Crippen molar-refractivity contribution in [3.05, 3.63) is 40.2 Å². The summed E-state index contributed by atoms with van der Waals surface area (Å²) < 4.78 is 2.19. The van der Waals surface area contributed by atoms with Gasteiger partial charge in [-0.05, 0) is 29.8 Å². The predicted octanol–water partition coefficient (Wildman–Crippen LogP) is 3.09. The first-order chi connectivity index (χ1) is 8.72. The van der Waals surface area contributed by atoms with Crippen molar-refractivity contribution in [2.24, 2.45) is 0 Å². The van der Waals surface area contributed by atoms with Gasteiger partial charge in [0, 0.05) is 12.4 Å². The Morgan fingerprint density at radius 2 is 2.00 bits per heavy atom. The standard InChI is InChI=1S/C10H5Cl2N5S/c11-7-3-2-6(18-7)8-14-9(12)16-10(15-8)17-5-1-4-13-17/h1-5H. The maximum absolute atomic E-state index is 5.89. The number of halogens is 2. The lowest BCUT2D eigenvalue weighted by molar-refractivity contribution is 0.798. The largest absolute Gasteiger partial charge is 0.255 e. The second-order valence-corrected chi connectivity index (χ2v) is 5.34. The molecule has 3 rings (SSSR count). The molecule has 0 aliphatic rings. The molecule has 0 fully saturated rings. The number of thiophene rings is 1. The Labute approximate surface area is 116 Å². The molecule has 3 heterocycles. The van der Waals surface area contributed by atoms with Crippen LogP contribution in [0.3, 0.4) is 0 Å². The Balaban J connectivity index is 2.11. The summed E-state index contributed by atoms with van der Waals surface area (Å²) in [6.45, 7) is 0. The molecule has 0 bridgehead atoms. The van der Waals surface area contributed by atoms with Crippen LogP contribution in [0, 0.1) is 0 Å². The van der Waals surface area contributed by atoms with Gasteiger partial charge in [0.2, 0.25) is 5.28 Å². The third-order valence-electron chi connectivity index (χ3n) is 2.10. The van der Waals surface area contributed by atoms with Gasteiger partial charge < -0.3 is 0 Å². The van der Waals surface area contributed by atoms with Crippen molar-refractivity contribution in [2.45, 2.75) is 0 Å². The van der Waals surface area contributed by atoms with Crippen LogP contribution in [0.5, 0.6) is 0 Å². The van der Waals surface area contributed by atoms with E-state index >= 15 is 0 Å². The van der Waals surface area contributed by atoms with Crippen LogP contribution in [0.1, 0.15) is 0 Å². The van der Waals surface area contributed by atoms with E-state index in [9.17, 15) is 0 Å². The third kappa shape index (κ3) is 2.22. The summed E-state index contributed by atoms with van der Waals surface area (Å²) in [5, 5.41) is 4.17. The van der Waals surface area contributed by atoms with Gasteiger partial charge in [-0.1, -0.05) is 11.6 Å². The fraction of sp³-hybridized carbons (Fsp3) is 0. The molecule has 0 atom stereocenters. The van der Waals surface area contributed by atoms with E-state index in [2.05, 4.69) is 20.1 Å². The van der Waals surface area contributed by atoms with Gasteiger partial charge in [-0.3, -0.25) is 0 Å². The molecule has 3 aromatic heterocycles. The summed E-state index contributed by atoms with van der Waals surface area (Å²) in [5.74, 6) is 0.858. The molecular weight excluding hydrogens is 293 g/mol. The minimum atomic E-state index is 0.120. The van der Waals surface area contributed by atoms with Gasteiger partial charge >= 0.3 is 0 Å². The van der Waals surface area contributed by atoms with E-state index in [1.165, 1.54) is 16.0 Å². The van der Waals surface area contributed by atoms with Gasteiger partial charge in [0.25, 0.3) is 5.95 Å². The van der Waals surface area contributed by atoms with Crippen molar-refractivity contribution in [1.29, 1.82) is 0 Å². The summed E-state index contributed by atoms with van der Waals surface area (Å²) in [4.78, 5) is 13.2. The second-order valence-electron chi connectivity index (χ2n) is 3.28. The van der Waals surface area contributed by atoms with Crippen molar-refractivity contribution >= 4 is 34.5 Å². The zero-order chi connectivity index (χ0) is 12.5. The molecule has 0 unspecified atom stereocenters. The van der Waals surface area contributed by atoms with E-state index in [1.54, 1.807) is 24.5 Å². The molecule has 18 heavy (non-hydrogen) atoms. The molecule has 90 valence electrons. The maximum atomic E-state index is 5.89. The first-order valence-corrected chi connectivity index (χ1v) is 6.47. The van der Waals surface area contributed by atoms with E-state index in [-0.39, 0.29) is 5.28 Å². The first kappa shape index (κ1) is 11.6. The number of rotatable bonds is 2. The number of hydrogen-bond acceptors (Lipinski definition) is 5. The molecule has 0 amide bonds. The lowest BCUT2D eigenvalue weighted by Crippen LogP contribution is -2.04. The molecule has 0 spiro atoms. The van der Waals surface area contributed by atoms with Crippen molar-refractivity contribution in [3.8, 4) is 16.6 Å². The number of nitrogens with zero attached hydrogens (tertiary/aromatic N) is 5. The van der Waals surface area contributed by atoms with Crippen molar-refractivity contribution in [3.63, 3.8) is 0 Å². The van der Waals surface area contributed by atoms with E-state index in [0.29, 0.717) is 16.1 Å². The molecule has 0 saturated heterocycles. The topological polar surface area (TPSA) is 56.5 Å². The Morgan fingerprint density at radius 1 is 1.11 bits per heavy atom. The molecule has 3 aromatic rings. The van der Waals surface area contributed by atoms with Crippen molar-refractivity contribution in [2.75, 3.05) is 0 Å². The molecule has 0 aromatic carbocycles. The Morgan fingerprint density at radius 3 is 2.67 bits per heavy atom. The SMILES string of the molecule is Clc1nc(-c2ccc(Cl)s2)nc(-n2cccn2)n1. The van der Waals surface area contributed by atoms with E-state index in [4.69, 9.17) is 23.2 Å². The second kappa shape index (κ2) is 4.64. The number of hydrogen-bond donors (Lipinski definition) is 0. The maximum Gasteiger partial charge on any atom is 0.255 e. The minimum absolute atomic E-state index is 0.120. The molecule has 0 saturated carbocycles. The van der Waals surface area contributed by atoms with Crippen LogP contribution in [0.2, 0.25) is 9.62 Å². The molecule has 0 N–H and O–H groups in total. The summed E-state index contributed by atoms with van der Waals surface area (Å²) in [5.41, 5.74) is 0. The average molecular weight is 298 g/mol. The quantitative estimate of drug-likeness (QED) is 0.729. The van der Waals surface area contributed by atoms with Crippen LogP contribution in [0.15, 0.2) is 30.6 Å². The fourth-order valence-corrected chi connectivity index (χ4v) is 2.51. The summed E-state index contributed by atoms with van der Waals surface area (Å²) in [6.07, 6.45) is 3.37. The van der Waals surface area contributed by atoms with Gasteiger partial charge in [0.1, 0.15) is 0 Å². The highest BCUT2D eigenvalue weighted by atomic mass is 35.5. The highest BCUT2D eigenvalue weighted by molar-refractivity contribution is 7.19. The van der Waals surface area contributed by atoms with E-state index in [1.807, 2.05) is 6.07 Å². The molecule has 0 radical (unpaired) electrons. The van der Waals surface area contributed by atoms with Crippen LogP contribution >= 0.6 is 34.5 Å². The van der Waals surface area contributed by atoms with Gasteiger partial charge in [-0.2, -0.15) is 20.1 Å². The van der Waals surface area contributed by atoms with Crippen molar-refractivity contribution < 1.29 is 0 Å². The van der Waals surface area contributed by atoms with Crippen LogP contribution in [-0.2, 0) is 0 Å². The summed E-state index contributed by atoms with van der Waals surface area (Å²) in [6, 6.07) is 5.40. The Hall–Kier alpha value is -1.50. The molecule has 0 aliphatic carbocycles. The molecule has 5 nitrogen and oxygen atoms in total. The van der Waals surface area contributed by atoms with E-state index < -0.39 is 0 Å². The van der Waals surface area contributed by atoms with Crippen LogP contribution < -0.4 is 0 Å². The Kier molecular flexibility index (Phi) is 2.99. The van der Waals surface area contributed by atoms with Gasteiger partial charge in [-0.15, -0.1) is 11.3 Å². The third-order valence-corrected chi connectivity index (χ3v) is 3.50. The number of aromatic nitrogens is 5. The smallest absolute Gasteiger partial charge is 0.206 e. The van der Waals surface area contributed by atoms with Gasteiger partial charge in [0.15, 0.2) is 5.82 Å². The van der Waals surface area contributed by atoms with Gasteiger partial charge in [-0.25, -0.2) is 4.68 Å². The van der Waals surface area contributed by atoms with Gasteiger partial charge in [0.05, 0.1) is 9.21 Å². The predicted molar refractivity (Wildman–Crippen MR) is 70.3 cm³/mol. The Bertz CT molecular complexity index is 679. The molecule has 0 aliphatic heterocycles. The lowest BCUT2D eigenvalue weighted by Gasteiger charge is -2.02. The zero-order valence-corrected chi connectivity index (χ0v) is 11.1. The highest BCUT2D eigenvalue weighted by Gasteiger charge is 2.10. The van der Waals surface area contributed by atoms with Crippen molar-refractivity contribution in [1.82, 2.24) is 24.7 Å². The summed E-state index contributed by atoms with van der Waals surface area (Å²) >= 11 is 13.2.